The molecule has 72 valence electrons. The molecule has 0 aromatic heterocycles. The molecule has 0 radical (unpaired) electrons. The molecule has 1 amide bonds. The van der Waals surface area contributed by atoms with Crippen molar-refractivity contribution in [3.8, 4) is 0 Å². The highest BCUT2D eigenvalue weighted by Gasteiger charge is 2.15. The van der Waals surface area contributed by atoms with Gasteiger partial charge in [-0.1, -0.05) is 0 Å². The van der Waals surface area contributed by atoms with Crippen molar-refractivity contribution in [2.24, 2.45) is 0 Å². The van der Waals surface area contributed by atoms with Gasteiger partial charge in [0.2, 0.25) is 5.91 Å². The molecule has 3 N–H and O–H groups in total. The van der Waals surface area contributed by atoms with E-state index in [-0.39, 0.29) is 12.5 Å². The van der Waals surface area contributed by atoms with Crippen molar-refractivity contribution in [1.29, 1.82) is 0 Å². The van der Waals surface area contributed by atoms with Gasteiger partial charge in [-0.05, 0) is 12.5 Å². The van der Waals surface area contributed by atoms with Gasteiger partial charge in [-0.25, -0.2) is 0 Å². The molecule has 1 heterocycles. The minimum Gasteiger partial charge on any atom is -0.480 e. The lowest BCUT2D eigenvalue weighted by Crippen LogP contribution is -2.38. The molecule has 0 aromatic carbocycles. The molecule has 0 aromatic rings. The maximum absolute atomic E-state index is 11.2. The Morgan fingerprint density at radius 2 is 2.15 bits per heavy atom. The van der Waals surface area contributed by atoms with Crippen molar-refractivity contribution in [3.63, 3.8) is 0 Å². The van der Waals surface area contributed by atoms with Crippen LogP contribution in [0.3, 0.4) is 0 Å². The third kappa shape index (κ3) is 2.55. The van der Waals surface area contributed by atoms with Crippen molar-refractivity contribution in [3.05, 3.63) is 11.1 Å². The predicted molar refractivity (Wildman–Crippen MR) is 46.2 cm³/mol. The van der Waals surface area contributed by atoms with Crippen LogP contribution in [0.5, 0.6) is 0 Å². The van der Waals surface area contributed by atoms with Crippen molar-refractivity contribution in [2.75, 3.05) is 19.6 Å². The minimum atomic E-state index is -1.03. The van der Waals surface area contributed by atoms with E-state index in [2.05, 4.69) is 10.6 Å². The fourth-order valence-corrected chi connectivity index (χ4v) is 0.964. The van der Waals surface area contributed by atoms with Crippen LogP contribution in [-0.4, -0.2) is 36.6 Å². The number of carboxylic acids is 1. The smallest absolute Gasteiger partial charge is 0.322 e. The van der Waals surface area contributed by atoms with Crippen LogP contribution in [0.2, 0.25) is 0 Å². The molecule has 0 spiro atoms. The SMILES string of the molecule is CC(C(=O)NCC(=O)O)=C1CNC1. The van der Waals surface area contributed by atoms with Crippen molar-refractivity contribution in [1.82, 2.24) is 10.6 Å². The quantitative estimate of drug-likeness (QED) is 0.497. The first-order chi connectivity index (χ1) is 6.11. The molecule has 0 saturated carbocycles. The zero-order chi connectivity index (χ0) is 9.84. The largest absolute Gasteiger partial charge is 0.480 e. The Morgan fingerprint density at radius 3 is 2.54 bits per heavy atom. The Kier molecular flexibility index (Phi) is 3.02. The first-order valence-corrected chi connectivity index (χ1v) is 4.00. The average molecular weight is 184 g/mol. The second-order valence-corrected chi connectivity index (χ2v) is 2.91. The molecule has 1 fully saturated rings. The summed E-state index contributed by atoms with van der Waals surface area (Å²) in [6, 6.07) is 0. The van der Waals surface area contributed by atoms with E-state index >= 15 is 0 Å². The van der Waals surface area contributed by atoms with Crippen molar-refractivity contribution >= 4 is 11.9 Å². The molecular formula is C8H12N2O3. The van der Waals surface area contributed by atoms with Gasteiger partial charge < -0.3 is 15.7 Å². The molecule has 0 bridgehead atoms. The minimum absolute atomic E-state index is 0.293. The van der Waals surface area contributed by atoms with Gasteiger partial charge in [0.25, 0.3) is 0 Å². The number of carboxylic acid groups (broad SMARTS) is 1. The van der Waals surface area contributed by atoms with Crippen molar-refractivity contribution < 1.29 is 14.7 Å². The van der Waals surface area contributed by atoms with E-state index < -0.39 is 5.97 Å². The lowest BCUT2D eigenvalue weighted by atomic mass is 10.0. The number of nitrogens with one attached hydrogen (secondary N) is 2. The van der Waals surface area contributed by atoms with Gasteiger partial charge in [-0.3, -0.25) is 9.59 Å². The van der Waals surface area contributed by atoms with Crippen LogP contribution in [0.4, 0.5) is 0 Å². The molecule has 0 unspecified atom stereocenters. The zero-order valence-corrected chi connectivity index (χ0v) is 7.39. The summed E-state index contributed by atoms with van der Waals surface area (Å²) in [5, 5.41) is 13.6. The van der Waals surface area contributed by atoms with E-state index in [9.17, 15) is 9.59 Å². The highest BCUT2D eigenvalue weighted by molar-refractivity contribution is 5.95. The van der Waals surface area contributed by atoms with Gasteiger partial charge in [0.1, 0.15) is 6.54 Å². The molecule has 1 rings (SSSR count). The van der Waals surface area contributed by atoms with Crippen LogP contribution in [0, 0.1) is 0 Å². The van der Waals surface area contributed by atoms with E-state index in [1.54, 1.807) is 6.92 Å². The first-order valence-electron chi connectivity index (χ1n) is 4.00. The molecule has 0 atom stereocenters. The second-order valence-electron chi connectivity index (χ2n) is 2.91. The highest BCUT2D eigenvalue weighted by atomic mass is 16.4. The molecule has 1 aliphatic heterocycles. The summed E-state index contributed by atoms with van der Waals surface area (Å²) >= 11 is 0. The van der Waals surface area contributed by atoms with Gasteiger partial charge in [-0.15, -0.1) is 0 Å². The number of hydrogen-bond donors (Lipinski definition) is 3. The normalized spacial score (nSPS) is 14.7. The first kappa shape index (κ1) is 9.73. The molecule has 1 aliphatic rings. The summed E-state index contributed by atoms with van der Waals surface area (Å²) in [7, 11) is 0. The Labute approximate surface area is 75.8 Å². The molecule has 5 heteroatoms. The number of rotatable bonds is 3. The van der Waals surface area contributed by atoms with E-state index in [1.165, 1.54) is 0 Å². The van der Waals surface area contributed by atoms with Crippen LogP contribution in [0.15, 0.2) is 11.1 Å². The highest BCUT2D eigenvalue weighted by Crippen LogP contribution is 2.08. The van der Waals surface area contributed by atoms with Gasteiger partial charge in [0.05, 0.1) is 0 Å². The lowest BCUT2D eigenvalue weighted by molar-refractivity contribution is -0.137. The maximum atomic E-state index is 11.2. The van der Waals surface area contributed by atoms with E-state index in [1.807, 2.05) is 0 Å². The van der Waals surface area contributed by atoms with Gasteiger partial charge >= 0.3 is 5.97 Å². The van der Waals surface area contributed by atoms with Gasteiger partial charge in [-0.2, -0.15) is 0 Å². The monoisotopic (exact) mass is 184 g/mol. The number of amides is 1. The molecule has 0 aliphatic carbocycles. The van der Waals surface area contributed by atoms with Gasteiger partial charge in [0.15, 0.2) is 0 Å². The van der Waals surface area contributed by atoms with Crippen LogP contribution < -0.4 is 10.6 Å². The van der Waals surface area contributed by atoms with E-state index in [4.69, 9.17) is 5.11 Å². The van der Waals surface area contributed by atoms with Crippen LogP contribution >= 0.6 is 0 Å². The second kappa shape index (κ2) is 4.04. The van der Waals surface area contributed by atoms with E-state index in [0.29, 0.717) is 5.57 Å². The Balaban J connectivity index is 2.43. The fourth-order valence-electron chi connectivity index (χ4n) is 0.964. The summed E-state index contributed by atoms with van der Waals surface area (Å²) in [5.74, 6) is -1.32. The van der Waals surface area contributed by atoms with Crippen LogP contribution in [0.25, 0.3) is 0 Å². The number of hydrogen-bond acceptors (Lipinski definition) is 3. The lowest BCUT2D eigenvalue weighted by Gasteiger charge is -2.21. The third-order valence-corrected chi connectivity index (χ3v) is 1.95. The van der Waals surface area contributed by atoms with Gasteiger partial charge in [0, 0.05) is 18.7 Å². The Bertz CT molecular complexity index is 265. The molecule has 1 saturated heterocycles. The summed E-state index contributed by atoms with van der Waals surface area (Å²) in [5.41, 5.74) is 1.67. The fraction of sp³-hybridized carbons (Fsp3) is 0.500. The zero-order valence-electron chi connectivity index (χ0n) is 7.39. The topological polar surface area (TPSA) is 78.4 Å². The molecule has 13 heavy (non-hydrogen) atoms. The number of carbonyl (C=O) groups excluding carboxylic acids is 1. The summed E-state index contributed by atoms with van der Waals surface area (Å²) in [4.78, 5) is 21.4. The Hall–Kier alpha value is -1.36. The number of aliphatic carboxylic acids is 1. The Morgan fingerprint density at radius 1 is 1.54 bits per heavy atom. The molecular weight excluding hydrogens is 172 g/mol. The third-order valence-electron chi connectivity index (χ3n) is 1.95. The summed E-state index contributed by atoms with van der Waals surface area (Å²) in [6.07, 6.45) is 0. The summed E-state index contributed by atoms with van der Waals surface area (Å²) in [6.45, 7) is 2.84. The maximum Gasteiger partial charge on any atom is 0.322 e. The van der Waals surface area contributed by atoms with Crippen LogP contribution in [-0.2, 0) is 9.59 Å². The van der Waals surface area contributed by atoms with Crippen LogP contribution in [0.1, 0.15) is 6.92 Å². The van der Waals surface area contributed by atoms with Crippen molar-refractivity contribution in [2.45, 2.75) is 6.92 Å². The molecule has 5 nitrogen and oxygen atoms in total. The summed E-state index contributed by atoms with van der Waals surface area (Å²) < 4.78 is 0. The van der Waals surface area contributed by atoms with E-state index in [0.717, 1.165) is 18.7 Å². The average Bonchev–Trinajstić information content (AvgIpc) is 1.96. The predicted octanol–water partition coefficient (Wildman–Crippen LogP) is -0.893. The standard InChI is InChI=1S/C8H12N2O3/c1-5(6-2-9-3-6)8(13)10-4-7(11)12/h9H,2-4H2,1H3,(H,10,13)(H,11,12). The number of carbonyl (C=O) groups is 2.